The molecule has 0 bridgehead atoms. The van der Waals surface area contributed by atoms with Crippen molar-refractivity contribution in [2.45, 2.75) is 51.0 Å². The first-order valence-electron chi connectivity index (χ1n) is 7.01. The smallest absolute Gasteiger partial charge is 0.270 e. The summed E-state index contributed by atoms with van der Waals surface area (Å²) in [5.74, 6) is 0.425. The van der Waals surface area contributed by atoms with Gasteiger partial charge in [0.05, 0.1) is 11.2 Å². The van der Waals surface area contributed by atoms with E-state index < -0.39 is 0 Å². The molecular formula is C14H22ClN3O. The summed E-state index contributed by atoms with van der Waals surface area (Å²) < 4.78 is 1.65. The largest absolute Gasteiger partial charge is 0.344 e. The Kier molecular flexibility index (Phi) is 4.50. The van der Waals surface area contributed by atoms with Crippen LogP contribution in [0.3, 0.4) is 0 Å². The molecule has 1 amide bonds. The van der Waals surface area contributed by atoms with Crippen LogP contribution >= 0.6 is 11.6 Å². The molecule has 5 heteroatoms. The molecule has 0 unspecified atom stereocenters. The van der Waals surface area contributed by atoms with Crippen LogP contribution in [0.25, 0.3) is 0 Å². The Morgan fingerprint density at radius 1 is 1.47 bits per heavy atom. The van der Waals surface area contributed by atoms with Gasteiger partial charge in [0.25, 0.3) is 5.91 Å². The third kappa shape index (κ3) is 3.11. The van der Waals surface area contributed by atoms with Gasteiger partial charge in [-0.3, -0.25) is 9.48 Å². The highest BCUT2D eigenvalue weighted by atomic mass is 35.5. The summed E-state index contributed by atoms with van der Waals surface area (Å²) in [5, 5.41) is 7.46. The van der Waals surface area contributed by atoms with Gasteiger partial charge < -0.3 is 5.32 Å². The first kappa shape index (κ1) is 14.4. The predicted octanol–water partition coefficient (Wildman–Crippen LogP) is 2.65. The van der Waals surface area contributed by atoms with Gasteiger partial charge in [0.1, 0.15) is 5.69 Å². The van der Waals surface area contributed by atoms with Crippen LogP contribution in [0.15, 0.2) is 6.07 Å². The minimum Gasteiger partial charge on any atom is -0.344 e. The number of aryl methyl sites for hydroxylation is 2. The number of amides is 1. The molecule has 1 aliphatic rings. The number of alkyl halides is 1. The van der Waals surface area contributed by atoms with Crippen molar-refractivity contribution < 1.29 is 4.79 Å². The summed E-state index contributed by atoms with van der Waals surface area (Å²) in [6.07, 6.45) is 6.29. The van der Waals surface area contributed by atoms with E-state index in [4.69, 9.17) is 11.6 Å². The Morgan fingerprint density at radius 2 is 2.16 bits per heavy atom. The second kappa shape index (κ2) is 5.95. The molecule has 1 saturated carbocycles. The summed E-state index contributed by atoms with van der Waals surface area (Å²) in [7, 11) is 1.81. The third-order valence-corrected chi connectivity index (χ3v) is 4.48. The summed E-state index contributed by atoms with van der Waals surface area (Å²) in [6, 6.07) is 1.86. The average molecular weight is 284 g/mol. The van der Waals surface area contributed by atoms with E-state index in [0.717, 1.165) is 37.8 Å². The van der Waals surface area contributed by atoms with Crippen LogP contribution in [0.2, 0.25) is 0 Å². The second-order valence-corrected chi connectivity index (χ2v) is 5.69. The lowest BCUT2D eigenvalue weighted by atomic mass is 9.83. The maximum absolute atomic E-state index is 12.4. The van der Waals surface area contributed by atoms with Crippen molar-refractivity contribution in [1.82, 2.24) is 15.1 Å². The number of aromatic nitrogens is 2. The van der Waals surface area contributed by atoms with Crippen LogP contribution in [0.5, 0.6) is 0 Å². The molecule has 1 aliphatic carbocycles. The Morgan fingerprint density at radius 3 is 2.68 bits per heavy atom. The quantitative estimate of drug-likeness (QED) is 0.864. The van der Waals surface area contributed by atoms with Gasteiger partial charge in [-0.2, -0.15) is 5.10 Å². The lowest BCUT2D eigenvalue weighted by molar-refractivity contribution is 0.0875. The Labute approximate surface area is 119 Å². The molecule has 1 N–H and O–H groups in total. The van der Waals surface area contributed by atoms with Crippen molar-refractivity contribution in [3.05, 3.63) is 17.5 Å². The van der Waals surface area contributed by atoms with Crippen molar-refractivity contribution in [3.63, 3.8) is 0 Å². The van der Waals surface area contributed by atoms with E-state index in [9.17, 15) is 4.79 Å². The Hall–Kier alpha value is -1.03. The van der Waals surface area contributed by atoms with Crippen molar-refractivity contribution in [1.29, 1.82) is 0 Å². The standard InChI is InChI=1S/C14H22ClN3O/c1-3-11-9-12(18(2)17-11)13(19)16-14(10-15)7-5-4-6-8-14/h9H,3-8,10H2,1-2H3,(H,16,19). The van der Waals surface area contributed by atoms with Gasteiger partial charge in [0.15, 0.2) is 0 Å². The number of hydrogen-bond donors (Lipinski definition) is 1. The molecule has 106 valence electrons. The molecule has 1 aromatic heterocycles. The zero-order chi connectivity index (χ0) is 13.9. The molecule has 19 heavy (non-hydrogen) atoms. The fourth-order valence-corrected chi connectivity index (χ4v) is 3.07. The van der Waals surface area contributed by atoms with Gasteiger partial charge in [-0.25, -0.2) is 0 Å². The summed E-state index contributed by atoms with van der Waals surface area (Å²) in [4.78, 5) is 12.4. The first-order chi connectivity index (χ1) is 9.10. The Bertz CT molecular complexity index is 450. The molecule has 0 spiro atoms. The summed E-state index contributed by atoms with van der Waals surface area (Å²) in [5.41, 5.74) is 1.33. The first-order valence-corrected chi connectivity index (χ1v) is 7.55. The van der Waals surface area contributed by atoms with E-state index >= 15 is 0 Å². The number of halogens is 1. The van der Waals surface area contributed by atoms with Crippen LogP contribution < -0.4 is 5.32 Å². The normalized spacial score (nSPS) is 18.3. The zero-order valence-electron chi connectivity index (χ0n) is 11.7. The van der Waals surface area contributed by atoms with Crippen molar-refractivity contribution in [2.24, 2.45) is 7.05 Å². The average Bonchev–Trinajstić information content (AvgIpc) is 2.81. The fraction of sp³-hybridized carbons (Fsp3) is 0.714. The number of hydrogen-bond acceptors (Lipinski definition) is 2. The van der Waals surface area contributed by atoms with Gasteiger partial charge >= 0.3 is 0 Å². The van der Waals surface area contributed by atoms with Gasteiger partial charge in [-0.15, -0.1) is 11.6 Å². The third-order valence-electron chi connectivity index (χ3n) is 3.97. The van der Waals surface area contributed by atoms with Crippen LogP contribution in [-0.2, 0) is 13.5 Å². The minimum absolute atomic E-state index is 0.0581. The molecule has 2 rings (SSSR count). The van der Waals surface area contributed by atoms with Crippen molar-refractivity contribution in [3.8, 4) is 0 Å². The SMILES string of the molecule is CCc1cc(C(=O)NC2(CCl)CCCCC2)n(C)n1. The van der Waals surface area contributed by atoms with E-state index in [0.29, 0.717) is 11.6 Å². The number of rotatable bonds is 4. The molecule has 1 aromatic rings. The van der Waals surface area contributed by atoms with E-state index in [1.54, 1.807) is 4.68 Å². The van der Waals surface area contributed by atoms with Crippen molar-refractivity contribution >= 4 is 17.5 Å². The van der Waals surface area contributed by atoms with Crippen LogP contribution in [0, 0.1) is 0 Å². The number of carbonyl (C=O) groups excluding carboxylic acids is 1. The van der Waals surface area contributed by atoms with E-state index in [1.807, 2.05) is 20.0 Å². The van der Waals surface area contributed by atoms with Crippen molar-refractivity contribution in [2.75, 3.05) is 5.88 Å². The topological polar surface area (TPSA) is 46.9 Å². The highest BCUT2D eigenvalue weighted by Crippen LogP contribution is 2.29. The predicted molar refractivity (Wildman–Crippen MR) is 76.6 cm³/mol. The van der Waals surface area contributed by atoms with Crippen LogP contribution in [0.4, 0.5) is 0 Å². The molecule has 1 heterocycles. The number of nitrogens with zero attached hydrogens (tertiary/aromatic N) is 2. The van der Waals surface area contributed by atoms with E-state index in [2.05, 4.69) is 10.4 Å². The van der Waals surface area contributed by atoms with Gasteiger partial charge in [-0.05, 0) is 25.3 Å². The minimum atomic E-state index is -0.229. The van der Waals surface area contributed by atoms with E-state index in [1.165, 1.54) is 6.42 Å². The summed E-state index contributed by atoms with van der Waals surface area (Å²) in [6.45, 7) is 2.03. The highest BCUT2D eigenvalue weighted by Gasteiger charge is 2.33. The molecular weight excluding hydrogens is 262 g/mol. The molecule has 4 nitrogen and oxygen atoms in total. The van der Waals surface area contributed by atoms with Gasteiger partial charge in [0.2, 0.25) is 0 Å². The molecule has 0 saturated heterocycles. The van der Waals surface area contributed by atoms with Crippen LogP contribution in [0.1, 0.15) is 55.2 Å². The maximum atomic E-state index is 12.4. The molecule has 1 fully saturated rings. The maximum Gasteiger partial charge on any atom is 0.270 e. The second-order valence-electron chi connectivity index (χ2n) is 5.43. The molecule has 0 aliphatic heterocycles. The zero-order valence-corrected chi connectivity index (χ0v) is 12.5. The summed E-state index contributed by atoms with van der Waals surface area (Å²) >= 11 is 6.10. The van der Waals surface area contributed by atoms with Gasteiger partial charge in [0, 0.05) is 12.9 Å². The number of carbonyl (C=O) groups is 1. The highest BCUT2D eigenvalue weighted by molar-refractivity contribution is 6.19. The van der Waals surface area contributed by atoms with E-state index in [-0.39, 0.29) is 11.4 Å². The lowest BCUT2D eigenvalue weighted by Gasteiger charge is -2.36. The monoisotopic (exact) mass is 283 g/mol. The lowest BCUT2D eigenvalue weighted by Crippen LogP contribution is -2.51. The molecule has 0 atom stereocenters. The fourth-order valence-electron chi connectivity index (χ4n) is 2.74. The number of nitrogens with one attached hydrogen (secondary N) is 1. The van der Waals surface area contributed by atoms with Gasteiger partial charge in [-0.1, -0.05) is 26.2 Å². The molecule has 0 radical (unpaired) electrons. The Balaban J connectivity index is 2.12. The molecule has 0 aromatic carbocycles. The van der Waals surface area contributed by atoms with Crippen LogP contribution in [-0.4, -0.2) is 27.1 Å².